The van der Waals surface area contributed by atoms with Crippen molar-refractivity contribution in [1.82, 2.24) is 9.71 Å². The molecule has 0 radical (unpaired) electrons. The number of hydrogen-bond acceptors (Lipinski definition) is 5. The molecule has 3 aromatic rings. The normalized spacial score (nSPS) is 11.5. The summed E-state index contributed by atoms with van der Waals surface area (Å²) in [4.78, 5) is 16.4. The van der Waals surface area contributed by atoms with E-state index in [1.54, 1.807) is 37.7 Å². The SMILES string of the molecule is COc1ccc(/C=C\C(=O)c2ccc(S(=O)(=O)NCc3cccnc3)cc2)cc1. The van der Waals surface area contributed by atoms with Gasteiger partial charge in [0.25, 0.3) is 0 Å². The Kier molecular flexibility index (Phi) is 6.54. The third-order valence-electron chi connectivity index (χ3n) is 4.18. The van der Waals surface area contributed by atoms with E-state index in [0.717, 1.165) is 16.9 Å². The van der Waals surface area contributed by atoms with Crippen molar-refractivity contribution in [1.29, 1.82) is 0 Å². The molecule has 1 N–H and O–H groups in total. The average molecular weight is 408 g/mol. The molecule has 0 atom stereocenters. The first-order chi connectivity index (χ1) is 14.0. The van der Waals surface area contributed by atoms with E-state index < -0.39 is 10.0 Å². The zero-order valence-corrected chi connectivity index (χ0v) is 16.6. The molecule has 148 valence electrons. The van der Waals surface area contributed by atoms with E-state index in [0.29, 0.717) is 5.56 Å². The van der Waals surface area contributed by atoms with E-state index >= 15 is 0 Å². The molecule has 2 aromatic carbocycles. The van der Waals surface area contributed by atoms with Crippen molar-refractivity contribution in [3.8, 4) is 5.75 Å². The lowest BCUT2D eigenvalue weighted by atomic mass is 10.1. The van der Waals surface area contributed by atoms with Gasteiger partial charge in [0.1, 0.15) is 5.75 Å². The van der Waals surface area contributed by atoms with Crippen molar-refractivity contribution in [2.75, 3.05) is 7.11 Å². The van der Waals surface area contributed by atoms with Crippen LogP contribution < -0.4 is 9.46 Å². The van der Waals surface area contributed by atoms with Crippen molar-refractivity contribution in [2.24, 2.45) is 0 Å². The van der Waals surface area contributed by atoms with Crippen LogP contribution in [0, 0.1) is 0 Å². The molecule has 29 heavy (non-hydrogen) atoms. The summed E-state index contributed by atoms with van der Waals surface area (Å²) >= 11 is 0. The van der Waals surface area contributed by atoms with Crippen LogP contribution in [0.1, 0.15) is 21.5 Å². The number of hydrogen-bond donors (Lipinski definition) is 1. The molecule has 1 heterocycles. The number of carbonyl (C=O) groups excluding carboxylic acids is 1. The molecule has 1 aromatic heterocycles. The van der Waals surface area contributed by atoms with Gasteiger partial charge in [-0.2, -0.15) is 0 Å². The minimum Gasteiger partial charge on any atom is -0.497 e. The van der Waals surface area contributed by atoms with Gasteiger partial charge in [-0.05, 0) is 59.7 Å². The van der Waals surface area contributed by atoms with Gasteiger partial charge in [0.05, 0.1) is 12.0 Å². The lowest BCUT2D eigenvalue weighted by molar-refractivity contribution is 0.104. The van der Waals surface area contributed by atoms with Gasteiger partial charge in [-0.25, -0.2) is 13.1 Å². The molecule has 0 aliphatic rings. The Morgan fingerprint density at radius 2 is 1.79 bits per heavy atom. The molecule has 0 aliphatic heterocycles. The maximum atomic E-state index is 12.4. The summed E-state index contributed by atoms with van der Waals surface area (Å²) in [5.41, 5.74) is 2.02. The van der Waals surface area contributed by atoms with Gasteiger partial charge in [-0.1, -0.05) is 24.3 Å². The Labute approximate surface area is 169 Å². The highest BCUT2D eigenvalue weighted by Gasteiger charge is 2.14. The summed E-state index contributed by atoms with van der Waals surface area (Å²) in [6, 6.07) is 16.7. The number of pyridine rings is 1. The van der Waals surface area contributed by atoms with Crippen LogP contribution in [0.5, 0.6) is 5.75 Å². The first-order valence-electron chi connectivity index (χ1n) is 8.83. The number of aromatic nitrogens is 1. The molecule has 7 heteroatoms. The fourth-order valence-corrected chi connectivity index (χ4v) is 3.56. The Balaban J connectivity index is 1.65. The summed E-state index contributed by atoms with van der Waals surface area (Å²) in [7, 11) is -2.09. The summed E-state index contributed by atoms with van der Waals surface area (Å²) < 4.78 is 32.4. The molecule has 0 saturated heterocycles. The highest BCUT2D eigenvalue weighted by Crippen LogP contribution is 2.15. The molecule has 0 aliphatic carbocycles. The van der Waals surface area contributed by atoms with Crippen molar-refractivity contribution in [3.63, 3.8) is 0 Å². The molecule has 0 amide bonds. The number of ketones is 1. The summed E-state index contributed by atoms with van der Waals surface area (Å²) in [5, 5.41) is 0. The van der Waals surface area contributed by atoms with Gasteiger partial charge in [0.15, 0.2) is 5.78 Å². The number of methoxy groups -OCH3 is 1. The van der Waals surface area contributed by atoms with E-state index in [4.69, 9.17) is 4.74 Å². The van der Waals surface area contributed by atoms with Crippen LogP contribution in [-0.2, 0) is 16.6 Å². The molecular weight excluding hydrogens is 388 g/mol. The van der Waals surface area contributed by atoms with Crippen LogP contribution in [-0.4, -0.2) is 26.3 Å². The van der Waals surface area contributed by atoms with Crippen molar-refractivity contribution < 1.29 is 17.9 Å². The van der Waals surface area contributed by atoms with Gasteiger partial charge >= 0.3 is 0 Å². The van der Waals surface area contributed by atoms with E-state index in [9.17, 15) is 13.2 Å². The first kappa shape index (κ1) is 20.4. The van der Waals surface area contributed by atoms with Crippen molar-refractivity contribution in [2.45, 2.75) is 11.4 Å². The lowest BCUT2D eigenvalue weighted by Crippen LogP contribution is -2.23. The second-order valence-electron chi connectivity index (χ2n) is 6.18. The van der Waals surface area contributed by atoms with Gasteiger partial charge in [-0.3, -0.25) is 9.78 Å². The molecule has 0 bridgehead atoms. The van der Waals surface area contributed by atoms with E-state index in [1.165, 1.54) is 30.3 Å². The number of ether oxygens (including phenoxy) is 1. The lowest BCUT2D eigenvalue weighted by Gasteiger charge is -2.07. The second-order valence-corrected chi connectivity index (χ2v) is 7.95. The number of allylic oxidation sites excluding steroid dienone is 1. The molecule has 3 rings (SSSR count). The van der Waals surface area contributed by atoms with Gasteiger partial charge in [0.2, 0.25) is 10.0 Å². The number of benzene rings is 2. The van der Waals surface area contributed by atoms with Crippen LogP contribution in [0.3, 0.4) is 0 Å². The van der Waals surface area contributed by atoms with Gasteiger partial charge in [0, 0.05) is 24.5 Å². The zero-order valence-electron chi connectivity index (χ0n) is 15.8. The summed E-state index contributed by atoms with van der Waals surface area (Å²) in [6.45, 7) is 0.140. The number of rotatable bonds is 8. The van der Waals surface area contributed by atoms with Crippen molar-refractivity contribution >= 4 is 21.9 Å². The largest absolute Gasteiger partial charge is 0.497 e. The number of carbonyl (C=O) groups is 1. The van der Waals surface area contributed by atoms with E-state index in [-0.39, 0.29) is 17.2 Å². The second kappa shape index (κ2) is 9.27. The molecule has 0 fully saturated rings. The fourth-order valence-electron chi connectivity index (χ4n) is 2.55. The Hall–Kier alpha value is -3.29. The third kappa shape index (κ3) is 5.60. The van der Waals surface area contributed by atoms with Gasteiger partial charge in [-0.15, -0.1) is 0 Å². The van der Waals surface area contributed by atoms with Crippen LogP contribution in [0.25, 0.3) is 6.08 Å². The van der Waals surface area contributed by atoms with Crippen molar-refractivity contribution in [3.05, 3.63) is 95.8 Å². The van der Waals surface area contributed by atoms with Crippen LogP contribution in [0.15, 0.2) is 84.0 Å². The standard InChI is InChI=1S/C22H20N2O4S/c1-28-20-9-4-17(5-10-20)6-13-22(25)19-7-11-21(12-8-19)29(26,27)24-16-18-3-2-14-23-15-18/h2-15,24H,16H2,1H3/b13-6-. The average Bonchev–Trinajstić information content (AvgIpc) is 2.77. The molecule has 6 nitrogen and oxygen atoms in total. The quantitative estimate of drug-likeness (QED) is 0.456. The molecular formula is C22H20N2O4S. The first-order valence-corrected chi connectivity index (χ1v) is 10.3. The maximum absolute atomic E-state index is 12.4. The third-order valence-corrected chi connectivity index (χ3v) is 5.60. The smallest absolute Gasteiger partial charge is 0.240 e. The summed E-state index contributed by atoms with van der Waals surface area (Å²) in [5.74, 6) is 0.524. The minimum atomic E-state index is -3.68. The Morgan fingerprint density at radius 1 is 1.07 bits per heavy atom. The van der Waals surface area contributed by atoms with Gasteiger partial charge < -0.3 is 4.74 Å². The molecule has 0 unspecified atom stereocenters. The topological polar surface area (TPSA) is 85.4 Å². The Bertz CT molecular complexity index is 1090. The highest BCUT2D eigenvalue weighted by atomic mass is 32.2. The predicted molar refractivity (Wildman–Crippen MR) is 111 cm³/mol. The predicted octanol–water partition coefficient (Wildman–Crippen LogP) is 3.46. The monoisotopic (exact) mass is 408 g/mol. The van der Waals surface area contributed by atoms with Crippen LogP contribution >= 0.6 is 0 Å². The number of nitrogens with zero attached hydrogens (tertiary/aromatic N) is 1. The number of nitrogens with one attached hydrogen (secondary N) is 1. The fraction of sp³-hybridized carbons (Fsp3) is 0.0909. The Morgan fingerprint density at radius 3 is 2.41 bits per heavy atom. The van der Waals surface area contributed by atoms with Crippen LogP contribution in [0.2, 0.25) is 0 Å². The zero-order chi connectivity index (χ0) is 20.7. The molecule has 0 spiro atoms. The minimum absolute atomic E-state index is 0.0945. The summed E-state index contributed by atoms with van der Waals surface area (Å²) in [6.07, 6.45) is 6.37. The van der Waals surface area contributed by atoms with Crippen LogP contribution in [0.4, 0.5) is 0 Å². The maximum Gasteiger partial charge on any atom is 0.240 e. The molecule has 0 saturated carbocycles. The number of sulfonamides is 1. The van der Waals surface area contributed by atoms with E-state index in [1.807, 2.05) is 24.3 Å². The van der Waals surface area contributed by atoms with E-state index in [2.05, 4.69) is 9.71 Å². The highest BCUT2D eigenvalue weighted by molar-refractivity contribution is 7.89.